The lowest BCUT2D eigenvalue weighted by Crippen LogP contribution is -2.51. The van der Waals surface area contributed by atoms with Gasteiger partial charge >= 0.3 is 5.97 Å². The topological polar surface area (TPSA) is 110 Å². The summed E-state index contributed by atoms with van der Waals surface area (Å²) in [4.78, 5) is 34.4. The smallest absolute Gasteiger partial charge is 0.305 e. The van der Waals surface area contributed by atoms with Crippen molar-refractivity contribution >= 4 is 29.3 Å². The van der Waals surface area contributed by atoms with Gasteiger partial charge in [-0.1, -0.05) is 13.8 Å². The molecule has 0 aliphatic rings. The number of hydrogen-bond acceptors (Lipinski definition) is 5. The van der Waals surface area contributed by atoms with Gasteiger partial charge in [0.1, 0.15) is 0 Å². The van der Waals surface area contributed by atoms with Crippen LogP contribution in [-0.4, -0.2) is 32.7 Å². The summed E-state index contributed by atoms with van der Waals surface area (Å²) in [5, 5.41) is 22.1. The van der Waals surface area contributed by atoms with Gasteiger partial charge in [-0.2, -0.15) is 0 Å². The molecule has 2 N–H and O–H groups in total. The average molecular weight is 354 g/mol. The Morgan fingerprint density at radius 1 is 1.29 bits per heavy atom. The number of aliphatic carboxylic acids is 1. The number of rotatable bonds is 9. The number of amides is 1. The first-order chi connectivity index (χ1) is 11.2. The molecular formula is C16H22N2O5S. The molecule has 24 heavy (non-hydrogen) atoms. The molecule has 0 radical (unpaired) electrons. The van der Waals surface area contributed by atoms with Crippen LogP contribution >= 0.6 is 11.8 Å². The number of carbonyl (C=O) groups excluding carboxylic acids is 1. The average Bonchev–Trinajstić information content (AvgIpc) is 2.54. The van der Waals surface area contributed by atoms with Crippen molar-refractivity contribution < 1.29 is 19.6 Å². The molecule has 0 aliphatic heterocycles. The first kappa shape index (κ1) is 20.0. The second-order valence-electron chi connectivity index (χ2n) is 5.56. The molecule has 0 aromatic heterocycles. The van der Waals surface area contributed by atoms with Gasteiger partial charge in [-0.25, -0.2) is 0 Å². The Morgan fingerprint density at radius 3 is 2.25 bits per heavy atom. The molecule has 1 amide bonds. The maximum atomic E-state index is 12.4. The van der Waals surface area contributed by atoms with Gasteiger partial charge in [0, 0.05) is 22.6 Å². The minimum Gasteiger partial charge on any atom is -0.481 e. The van der Waals surface area contributed by atoms with Crippen LogP contribution in [0.25, 0.3) is 0 Å². The van der Waals surface area contributed by atoms with Crippen molar-refractivity contribution in [2.45, 2.75) is 55.7 Å². The Kier molecular flexibility index (Phi) is 7.21. The number of nitrogens with one attached hydrogen (secondary N) is 1. The van der Waals surface area contributed by atoms with E-state index in [9.17, 15) is 19.7 Å². The van der Waals surface area contributed by atoms with Crippen molar-refractivity contribution in [3.8, 4) is 0 Å². The van der Waals surface area contributed by atoms with E-state index in [1.165, 1.54) is 23.9 Å². The van der Waals surface area contributed by atoms with E-state index in [1.807, 2.05) is 13.8 Å². The van der Waals surface area contributed by atoms with Gasteiger partial charge in [-0.3, -0.25) is 19.7 Å². The molecule has 0 bridgehead atoms. The second kappa shape index (κ2) is 8.68. The van der Waals surface area contributed by atoms with Crippen LogP contribution in [0.5, 0.6) is 0 Å². The third-order valence-corrected chi connectivity index (χ3v) is 5.07. The Morgan fingerprint density at radius 2 is 1.83 bits per heavy atom. The Balaban J connectivity index is 2.75. The molecule has 8 heteroatoms. The van der Waals surface area contributed by atoms with E-state index in [2.05, 4.69) is 5.32 Å². The zero-order chi connectivity index (χ0) is 18.3. The lowest BCUT2D eigenvalue weighted by Gasteiger charge is -2.32. The summed E-state index contributed by atoms with van der Waals surface area (Å²) in [5.41, 5.74) is -0.762. The van der Waals surface area contributed by atoms with Crippen LogP contribution in [0.15, 0.2) is 29.2 Å². The third-order valence-electron chi connectivity index (χ3n) is 3.96. The molecule has 132 valence electrons. The molecule has 1 aromatic rings. The monoisotopic (exact) mass is 354 g/mol. The molecule has 0 fully saturated rings. The molecule has 7 nitrogen and oxygen atoms in total. The fourth-order valence-corrected chi connectivity index (χ4v) is 3.14. The van der Waals surface area contributed by atoms with E-state index in [-0.39, 0.29) is 18.0 Å². The predicted molar refractivity (Wildman–Crippen MR) is 92.1 cm³/mol. The zero-order valence-electron chi connectivity index (χ0n) is 13.9. The van der Waals surface area contributed by atoms with Gasteiger partial charge in [-0.15, -0.1) is 11.8 Å². The van der Waals surface area contributed by atoms with E-state index in [0.717, 1.165) is 4.90 Å². The fraction of sp³-hybridized carbons (Fsp3) is 0.500. The molecule has 1 aromatic carbocycles. The molecule has 0 heterocycles. The summed E-state index contributed by atoms with van der Waals surface area (Å²) in [6, 6.07) is 5.97. The number of nitro groups is 1. The Labute approximate surface area is 145 Å². The van der Waals surface area contributed by atoms with E-state index < -0.39 is 21.7 Å². The number of nitro benzene ring substituents is 1. The van der Waals surface area contributed by atoms with Crippen LogP contribution in [0, 0.1) is 10.1 Å². The third kappa shape index (κ3) is 5.52. The van der Waals surface area contributed by atoms with Crippen molar-refractivity contribution in [1.29, 1.82) is 0 Å². The molecule has 1 rings (SSSR count). The highest BCUT2D eigenvalue weighted by Gasteiger charge is 2.32. The molecule has 1 unspecified atom stereocenters. The summed E-state index contributed by atoms with van der Waals surface area (Å²) in [6.07, 6.45) is 0.924. The standard InChI is InChI=1S/C16H22N2O5S/c1-4-16(5-2,10-14(19)20)17-15(21)11(3)24-13-8-6-12(7-9-13)18(22)23/h6-9,11H,4-5,10H2,1-3H3,(H,17,21)(H,19,20). The van der Waals surface area contributed by atoms with E-state index in [1.54, 1.807) is 19.1 Å². The maximum Gasteiger partial charge on any atom is 0.305 e. The van der Waals surface area contributed by atoms with Gasteiger partial charge < -0.3 is 10.4 Å². The summed E-state index contributed by atoms with van der Waals surface area (Å²) < 4.78 is 0. The summed E-state index contributed by atoms with van der Waals surface area (Å²) >= 11 is 1.27. The first-order valence-corrected chi connectivity index (χ1v) is 8.56. The lowest BCUT2D eigenvalue weighted by molar-refractivity contribution is -0.384. The van der Waals surface area contributed by atoms with Gasteiger partial charge in [0.15, 0.2) is 0 Å². The van der Waals surface area contributed by atoms with E-state index in [0.29, 0.717) is 12.8 Å². The number of hydrogen-bond donors (Lipinski definition) is 2. The number of non-ortho nitro benzene ring substituents is 1. The SMILES string of the molecule is CCC(CC)(CC(=O)O)NC(=O)C(C)Sc1ccc([N+](=O)[O-])cc1. The van der Waals surface area contributed by atoms with Crippen molar-refractivity contribution in [3.63, 3.8) is 0 Å². The lowest BCUT2D eigenvalue weighted by atomic mass is 9.89. The summed E-state index contributed by atoms with van der Waals surface area (Å²) in [7, 11) is 0. The molecule has 0 spiro atoms. The molecule has 0 saturated carbocycles. The Bertz CT molecular complexity index is 599. The number of benzene rings is 1. The van der Waals surface area contributed by atoms with E-state index in [4.69, 9.17) is 5.11 Å². The number of carbonyl (C=O) groups is 2. The maximum absolute atomic E-state index is 12.4. The van der Waals surface area contributed by atoms with Crippen molar-refractivity contribution in [2.24, 2.45) is 0 Å². The van der Waals surface area contributed by atoms with Crippen LogP contribution in [-0.2, 0) is 9.59 Å². The highest BCUT2D eigenvalue weighted by atomic mass is 32.2. The minimum atomic E-state index is -0.949. The van der Waals surface area contributed by atoms with Crippen molar-refractivity contribution in [2.75, 3.05) is 0 Å². The second-order valence-corrected chi connectivity index (χ2v) is 6.97. The zero-order valence-corrected chi connectivity index (χ0v) is 14.8. The van der Waals surface area contributed by atoms with E-state index >= 15 is 0 Å². The molecule has 0 aliphatic carbocycles. The normalized spacial score (nSPS) is 12.5. The molecular weight excluding hydrogens is 332 g/mol. The number of carboxylic acid groups (broad SMARTS) is 1. The van der Waals surface area contributed by atoms with Crippen molar-refractivity contribution in [3.05, 3.63) is 34.4 Å². The molecule has 1 atom stereocenters. The van der Waals surface area contributed by atoms with Crippen LogP contribution in [0.4, 0.5) is 5.69 Å². The summed E-state index contributed by atoms with van der Waals surface area (Å²) in [5.74, 6) is -1.20. The minimum absolute atomic E-state index is 0.00565. The Hall–Kier alpha value is -2.09. The van der Waals surface area contributed by atoms with Crippen LogP contribution in [0.3, 0.4) is 0 Å². The number of thioether (sulfide) groups is 1. The number of carboxylic acids is 1. The quantitative estimate of drug-likeness (QED) is 0.400. The van der Waals surface area contributed by atoms with Crippen LogP contribution in [0.2, 0.25) is 0 Å². The highest BCUT2D eigenvalue weighted by molar-refractivity contribution is 8.00. The van der Waals surface area contributed by atoms with Crippen LogP contribution < -0.4 is 5.32 Å². The van der Waals surface area contributed by atoms with Gasteiger partial charge in [0.25, 0.3) is 5.69 Å². The van der Waals surface area contributed by atoms with Gasteiger partial charge in [0.05, 0.1) is 16.6 Å². The first-order valence-electron chi connectivity index (χ1n) is 7.68. The summed E-state index contributed by atoms with van der Waals surface area (Å²) in [6.45, 7) is 5.42. The van der Waals surface area contributed by atoms with Gasteiger partial charge in [-0.05, 0) is 31.9 Å². The van der Waals surface area contributed by atoms with Gasteiger partial charge in [0.2, 0.25) is 5.91 Å². The van der Waals surface area contributed by atoms with Crippen molar-refractivity contribution in [1.82, 2.24) is 5.32 Å². The number of nitrogens with zero attached hydrogens (tertiary/aromatic N) is 1. The van der Waals surface area contributed by atoms with Crippen LogP contribution in [0.1, 0.15) is 40.0 Å². The molecule has 0 saturated heterocycles. The highest BCUT2D eigenvalue weighted by Crippen LogP contribution is 2.27. The largest absolute Gasteiger partial charge is 0.481 e. The predicted octanol–water partition coefficient (Wildman–Crippen LogP) is 3.23. The fourth-order valence-electron chi connectivity index (χ4n) is 2.28.